The van der Waals surface area contributed by atoms with Crippen molar-refractivity contribution in [3.63, 3.8) is 0 Å². The summed E-state index contributed by atoms with van der Waals surface area (Å²) in [5.74, 6) is 0.556. The molecule has 172 valence electrons. The molecule has 0 aliphatic heterocycles. The number of amides is 1. The minimum absolute atomic E-state index is 0.173. The molecule has 34 heavy (non-hydrogen) atoms. The van der Waals surface area contributed by atoms with Crippen molar-refractivity contribution in [3.8, 4) is 5.75 Å². The number of benzene rings is 4. The summed E-state index contributed by atoms with van der Waals surface area (Å²) in [6.45, 7) is 3.33. The molecule has 4 aromatic carbocycles. The van der Waals surface area contributed by atoms with E-state index >= 15 is 0 Å². The second-order valence-corrected chi connectivity index (χ2v) is 8.71. The van der Waals surface area contributed by atoms with E-state index in [-0.39, 0.29) is 5.91 Å². The fraction of sp³-hybridized carbons (Fsp3) is 0.138. The molecular formula is C29H27NO3S. The largest absolute Gasteiger partial charge is 0.494 e. The third-order valence-electron chi connectivity index (χ3n) is 5.10. The highest BCUT2D eigenvalue weighted by Gasteiger charge is 2.13. The molecule has 5 heteroatoms. The molecule has 0 saturated heterocycles. The van der Waals surface area contributed by atoms with Crippen LogP contribution < -0.4 is 10.1 Å². The first-order valence-corrected chi connectivity index (χ1v) is 12.0. The first kappa shape index (κ1) is 23.6. The molecule has 0 fully saturated rings. The SMILES string of the molecule is CCOc1ccc(C(=O)Nc2ccccc2Sc2ccccc2)cc1COCc1ccccc1. The molecule has 0 heterocycles. The predicted molar refractivity (Wildman–Crippen MR) is 138 cm³/mol. The van der Waals surface area contributed by atoms with E-state index in [1.807, 2.05) is 91.9 Å². The van der Waals surface area contributed by atoms with Crippen molar-refractivity contribution >= 4 is 23.4 Å². The van der Waals surface area contributed by atoms with E-state index in [0.717, 1.165) is 32.4 Å². The fourth-order valence-corrected chi connectivity index (χ4v) is 4.37. The number of ether oxygens (including phenoxy) is 2. The van der Waals surface area contributed by atoms with Gasteiger partial charge in [-0.3, -0.25) is 4.79 Å². The van der Waals surface area contributed by atoms with Gasteiger partial charge >= 0.3 is 0 Å². The van der Waals surface area contributed by atoms with Crippen LogP contribution in [0.5, 0.6) is 5.75 Å². The van der Waals surface area contributed by atoms with E-state index in [2.05, 4.69) is 17.4 Å². The molecule has 0 aliphatic carbocycles. The fourth-order valence-electron chi connectivity index (χ4n) is 3.45. The van der Waals surface area contributed by atoms with Gasteiger partial charge in [0.2, 0.25) is 0 Å². The number of hydrogen-bond acceptors (Lipinski definition) is 4. The molecule has 0 saturated carbocycles. The van der Waals surface area contributed by atoms with E-state index in [1.54, 1.807) is 17.8 Å². The summed E-state index contributed by atoms with van der Waals surface area (Å²) in [5.41, 5.74) is 3.28. The topological polar surface area (TPSA) is 47.6 Å². The Kier molecular flexibility index (Phi) is 8.38. The van der Waals surface area contributed by atoms with Gasteiger partial charge in [0.15, 0.2) is 0 Å². The molecule has 0 aromatic heterocycles. The van der Waals surface area contributed by atoms with Crippen LogP contribution in [-0.4, -0.2) is 12.5 Å². The molecule has 0 aliphatic rings. The highest BCUT2D eigenvalue weighted by atomic mass is 32.2. The first-order chi connectivity index (χ1) is 16.7. The molecule has 1 amide bonds. The summed E-state index contributed by atoms with van der Waals surface area (Å²) < 4.78 is 11.7. The summed E-state index contributed by atoms with van der Waals surface area (Å²) in [5, 5.41) is 3.07. The van der Waals surface area contributed by atoms with Crippen LogP contribution in [0.3, 0.4) is 0 Å². The third-order valence-corrected chi connectivity index (χ3v) is 6.18. The van der Waals surface area contributed by atoms with Crippen LogP contribution in [0.2, 0.25) is 0 Å². The molecule has 0 atom stereocenters. The average Bonchev–Trinajstić information content (AvgIpc) is 2.87. The minimum atomic E-state index is -0.173. The normalized spacial score (nSPS) is 10.6. The molecule has 4 aromatic rings. The molecule has 0 unspecified atom stereocenters. The molecule has 0 bridgehead atoms. The maximum atomic E-state index is 13.1. The Morgan fingerprint density at radius 1 is 0.824 bits per heavy atom. The van der Waals surface area contributed by atoms with Gasteiger partial charge in [0.1, 0.15) is 5.75 Å². The lowest BCUT2D eigenvalue weighted by atomic mass is 10.1. The van der Waals surface area contributed by atoms with Gasteiger partial charge in [0.25, 0.3) is 5.91 Å². The maximum Gasteiger partial charge on any atom is 0.255 e. The number of hydrogen-bond donors (Lipinski definition) is 1. The lowest BCUT2D eigenvalue weighted by Crippen LogP contribution is -2.13. The van der Waals surface area contributed by atoms with Crippen molar-refractivity contribution < 1.29 is 14.3 Å². The zero-order valence-corrected chi connectivity index (χ0v) is 19.9. The number of para-hydroxylation sites is 1. The number of carbonyl (C=O) groups excluding carboxylic acids is 1. The van der Waals surface area contributed by atoms with Crippen LogP contribution >= 0.6 is 11.8 Å². The van der Waals surface area contributed by atoms with Crippen molar-refractivity contribution in [2.75, 3.05) is 11.9 Å². The molecule has 0 radical (unpaired) electrons. The standard InChI is InChI=1S/C29H27NO3S/c1-2-33-27-18-17-23(19-24(27)21-32-20-22-11-5-3-6-12-22)29(31)30-26-15-9-10-16-28(26)34-25-13-7-4-8-14-25/h3-19H,2,20-21H2,1H3,(H,30,31). The smallest absolute Gasteiger partial charge is 0.255 e. The van der Waals surface area contributed by atoms with E-state index in [1.165, 1.54) is 0 Å². The molecule has 1 N–H and O–H groups in total. The Morgan fingerprint density at radius 2 is 1.53 bits per heavy atom. The van der Waals surface area contributed by atoms with E-state index in [4.69, 9.17) is 9.47 Å². The number of nitrogens with one attached hydrogen (secondary N) is 1. The number of carbonyl (C=O) groups is 1. The summed E-state index contributed by atoms with van der Waals surface area (Å²) >= 11 is 1.62. The maximum absolute atomic E-state index is 13.1. The molecular weight excluding hydrogens is 442 g/mol. The zero-order chi connectivity index (χ0) is 23.6. The van der Waals surface area contributed by atoms with Crippen LogP contribution in [0.25, 0.3) is 0 Å². The van der Waals surface area contributed by atoms with Gasteiger partial charge in [-0.2, -0.15) is 0 Å². The van der Waals surface area contributed by atoms with E-state index in [0.29, 0.717) is 25.4 Å². The average molecular weight is 470 g/mol. The highest BCUT2D eigenvalue weighted by molar-refractivity contribution is 7.99. The van der Waals surface area contributed by atoms with Crippen molar-refractivity contribution in [1.29, 1.82) is 0 Å². The third kappa shape index (κ3) is 6.50. The molecule has 4 rings (SSSR count). The zero-order valence-electron chi connectivity index (χ0n) is 19.1. The quantitative estimate of drug-likeness (QED) is 0.267. The van der Waals surface area contributed by atoms with Gasteiger partial charge in [-0.15, -0.1) is 0 Å². The van der Waals surface area contributed by atoms with Crippen LogP contribution in [0.15, 0.2) is 113 Å². The summed E-state index contributed by atoms with van der Waals surface area (Å²) in [7, 11) is 0. The van der Waals surface area contributed by atoms with Gasteiger partial charge in [-0.05, 0) is 55.0 Å². The second-order valence-electron chi connectivity index (χ2n) is 7.60. The predicted octanol–water partition coefficient (Wildman–Crippen LogP) is 7.21. The Bertz CT molecular complexity index is 1210. The Labute approximate surface area is 204 Å². The van der Waals surface area contributed by atoms with Crippen LogP contribution in [0.1, 0.15) is 28.4 Å². The second kappa shape index (κ2) is 12.1. The van der Waals surface area contributed by atoms with Gasteiger partial charge < -0.3 is 14.8 Å². The van der Waals surface area contributed by atoms with Crippen molar-refractivity contribution in [1.82, 2.24) is 0 Å². The highest BCUT2D eigenvalue weighted by Crippen LogP contribution is 2.33. The van der Waals surface area contributed by atoms with Gasteiger partial charge in [0, 0.05) is 20.9 Å². The number of anilines is 1. The minimum Gasteiger partial charge on any atom is -0.494 e. The van der Waals surface area contributed by atoms with E-state index < -0.39 is 0 Å². The number of rotatable bonds is 10. The van der Waals surface area contributed by atoms with Crippen molar-refractivity contribution in [2.24, 2.45) is 0 Å². The lowest BCUT2D eigenvalue weighted by molar-refractivity contribution is 0.101. The Hall–Kier alpha value is -3.54. The summed E-state index contributed by atoms with van der Waals surface area (Å²) in [4.78, 5) is 15.2. The summed E-state index contributed by atoms with van der Waals surface area (Å²) in [6, 6.07) is 33.4. The van der Waals surface area contributed by atoms with Crippen molar-refractivity contribution in [3.05, 3.63) is 120 Å². The van der Waals surface area contributed by atoms with Gasteiger partial charge in [0.05, 0.1) is 25.5 Å². The Morgan fingerprint density at radius 3 is 2.29 bits per heavy atom. The van der Waals surface area contributed by atoms with E-state index in [9.17, 15) is 4.79 Å². The summed E-state index contributed by atoms with van der Waals surface area (Å²) in [6.07, 6.45) is 0. The van der Waals surface area contributed by atoms with Crippen LogP contribution in [0.4, 0.5) is 5.69 Å². The Balaban J connectivity index is 1.48. The van der Waals surface area contributed by atoms with Crippen LogP contribution in [-0.2, 0) is 18.0 Å². The lowest BCUT2D eigenvalue weighted by Gasteiger charge is -2.14. The van der Waals surface area contributed by atoms with Gasteiger partial charge in [-0.1, -0.05) is 72.4 Å². The van der Waals surface area contributed by atoms with Crippen LogP contribution in [0, 0.1) is 0 Å². The molecule has 0 spiro atoms. The van der Waals surface area contributed by atoms with Gasteiger partial charge in [-0.25, -0.2) is 0 Å². The van der Waals surface area contributed by atoms with Crippen molar-refractivity contribution in [2.45, 2.75) is 29.9 Å². The molecule has 4 nitrogen and oxygen atoms in total. The first-order valence-electron chi connectivity index (χ1n) is 11.2. The monoisotopic (exact) mass is 469 g/mol.